The van der Waals surface area contributed by atoms with Gasteiger partial charge in [0.15, 0.2) is 0 Å². The Balaban J connectivity index is 1.65. The summed E-state index contributed by atoms with van der Waals surface area (Å²) in [5.41, 5.74) is 4.29. The lowest BCUT2D eigenvalue weighted by Crippen LogP contribution is -2.31. The summed E-state index contributed by atoms with van der Waals surface area (Å²) >= 11 is 6.24. The van der Waals surface area contributed by atoms with Crippen LogP contribution in [0, 0.1) is 5.92 Å². The summed E-state index contributed by atoms with van der Waals surface area (Å²) in [7, 11) is 0. The number of aryl methyl sites for hydroxylation is 1. The standard InChI is InChI=1S/C17H15ClN4O/c18-13-7-20-22-6-5-12(17(23)16(13)22)15-11-4-2-1-3-10(11)14-8-19-9-21(14)15/h1-4,7-9,12,15,17,23H,5-6H2/t12-,15-,17+/m0/s1. The molecule has 0 amide bonds. The van der Waals surface area contributed by atoms with Gasteiger partial charge in [0.05, 0.1) is 41.2 Å². The summed E-state index contributed by atoms with van der Waals surface area (Å²) in [6.07, 6.45) is 5.59. The predicted molar refractivity (Wildman–Crippen MR) is 86.1 cm³/mol. The molecular formula is C17H15ClN4O. The summed E-state index contributed by atoms with van der Waals surface area (Å²) in [6, 6.07) is 8.45. The summed E-state index contributed by atoms with van der Waals surface area (Å²) in [4.78, 5) is 4.30. The molecule has 0 unspecified atom stereocenters. The zero-order valence-corrected chi connectivity index (χ0v) is 13.1. The largest absolute Gasteiger partial charge is 0.386 e. The highest BCUT2D eigenvalue weighted by Crippen LogP contribution is 2.49. The van der Waals surface area contributed by atoms with Gasteiger partial charge >= 0.3 is 0 Å². The average molecular weight is 327 g/mol. The molecule has 0 saturated carbocycles. The Kier molecular flexibility index (Phi) is 2.72. The molecule has 1 N–H and O–H groups in total. The maximum Gasteiger partial charge on any atom is 0.102 e. The summed E-state index contributed by atoms with van der Waals surface area (Å²) in [5.74, 6) is 0.0494. The van der Waals surface area contributed by atoms with Gasteiger partial charge in [-0.2, -0.15) is 5.10 Å². The number of hydrogen-bond donors (Lipinski definition) is 1. The van der Waals surface area contributed by atoms with Gasteiger partial charge in [-0.15, -0.1) is 0 Å². The average Bonchev–Trinajstić information content (AvgIpc) is 3.23. The summed E-state index contributed by atoms with van der Waals surface area (Å²) < 4.78 is 4.00. The molecule has 0 fully saturated rings. The first-order chi connectivity index (χ1) is 11.3. The zero-order chi connectivity index (χ0) is 15.6. The first-order valence-electron chi connectivity index (χ1n) is 7.76. The van der Waals surface area contributed by atoms with E-state index in [0.717, 1.165) is 24.4 Å². The molecule has 5 rings (SSSR count). The number of nitrogens with zero attached hydrogens (tertiary/aromatic N) is 4. The van der Waals surface area contributed by atoms with Crippen molar-refractivity contribution >= 4 is 11.6 Å². The van der Waals surface area contributed by atoms with Crippen LogP contribution in [0.15, 0.2) is 43.0 Å². The highest BCUT2D eigenvalue weighted by atomic mass is 35.5. The van der Waals surface area contributed by atoms with Crippen LogP contribution < -0.4 is 0 Å². The molecule has 0 aliphatic carbocycles. The molecular weight excluding hydrogens is 312 g/mol. The molecule has 0 bridgehead atoms. The van der Waals surface area contributed by atoms with Crippen molar-refractivity contribution in [3.8, 4) is 11.3 Å². The van der Waals surface area contributed by atoms with Gasteiger partial charge in [-0.1, -0.05) is 35.9 Å². The number of halogens is 1. The molecule has 2 aliphatic rings. The third kappa shape index (κ3) is 1.72. The van der Waals surface area contributed by atoms with Gasteiger partial charge in [-0.3, -0.25) is 4.68 Å². The maximum atomic E-state index is 11.0. The van der Waals surface area contributed by atoms with Crippen molar-refractivity contribution in [3.63, 3.8) is 0 Å². The smallest absolute Gasteiger partial charge is 0.102 e. The minimum Gasteiger partial charge on any atom is -0.386 e. The molecule has 2 aliphatic heterocycles. The maximum absolute atomic E-state index is 11.0. The van der Waals surface area contributed by atoms with Crippen molar-refractivity contribution in [3.05, 3.63) is 59.3 Å². The number of imidazole rings is 1. The van der Waals surface area contributed by atoms with Crippen molar-refractivity contribution < 1.29 is 5.11 Å². The van der Waals surface area contributed by atoms with Gasteiger partial charge in [0, 0.05) is 18.0 Å². The van der Waals surface area contributed by atoms with Gasteiger partial charge in [-0.25, -0.2) is 4.98 Å². The van der Waals surface area contributed by atoms with Crippen molar-refractivity contribution in [1.29, 1.82) is 0 Å². The Hall–Kier alpha value is -2.11. The number of benzene rings is 1. The Morgan fingerprint density at radius 3 is 3.00 bits per heavy atom. The normalized spacial score (nSPS) is 25.0. The second-order valence-corrected chi connectivity index (χ2v) is 6.62. The molecule has 5 nitrogen and oxygen atoms in total. The van der Waals surface area contributed by atoms with E-state index in [4.69, 9.17) is 11.6 Å². The molecule has 116 valence electrons. The van der Waals surface area contributed by atoms with E-state index >= 15 is 0 Å². The molecule has 4 heterocycles. The minimum atomic E-state index is -0.634. The van der Waals surface area contributed by atoms with Gasteiger partial charge in [0.1, 0.15) is 6.10 Å². The number of aliphatic hydroxyl groups excluding tert-OH is 1. The van der Waals surface area contributed by atoms with Gasteiger partial charge in [-0.05, 0) is 12.0 Å². The van der Waals surface area contributed by atoms with E-state index in [2.05, 4.69) is 32.8 Å². The lowest BCUT2D eigenvalue weighted by atomic mass is 9.83. The Morgan fingerprint density at radius 2 is 2.09 bits per heavy atom. The van der Waals surface area contributed by atoms with Gasteiger partial charge in [0.2, 0.25) is 0 Å². The first-order valence-corrected chi connectivity index (χ1v) is 8.14. The van der Waals surface area contributed by atoms with E-state index in [-0.39, 0.29) is 12.0 Å². The molecule has 1 aromatic carbocycles. The molecule has 23 heavy (non-hydrogen) atoms. The van der Waals surface area contributed by atoms with E-state index in [1.807, 2.05) is 23.3 Å². The highest BCUT2D eigenvalue weighted by molar-refractivity contribution is 6.31. The number of fused-ring (bicyclic) bond motifs is 4. The van der Waals surface area contributed by atoms with Crippen molar-refractivity contribution in [2.45, 2.75) is 25.1 Å². The third-order valence-electron chi connectivity index (χ3n) is 5.12. The zero-order valence-electron chi connectivity index (χ0n) is 12.3. The first kappa shape index (κ1) is 13.3. The predicted octanol–water partition coefficient (Wildman–Crippen LogP) is 3.06. The van der Waals surface area contributed by atoms with E-state index in [9.17, 15) is 5.11 Å². The second-order valence-electron chi connectivity index (χ2n) is 6.22. The Bertz CT molecular complexity index is 900. The molecule has 2 aromatic heterocycles. The van der Waals surface area contributed by atoms with E-state index in [1.165, 1.54) is 11.1 Å². The molecule has 0 spiro atoms. The minimum absolute atomic E-state index is 0.0494. The highest BCUT2D eigenvalue weighted by Gasteiger charge is 2.41. The van der Waals surface area contributed by atoms with Crippen LogP contribution in [0.1, 0.15) is 29.8 Å². The third-order valence-corrected chi connectivity index (χ3v) is 5.41. The lowest BCUT2D eigenvalue weighted by Gasteiger charge is -2.34. The van der Waals surface area contributed by atoms with E-state index < -0.39 is 6.10 Å². The Morgan fingerprint density at radius 1 is 1.22 bits per heavy atom. The van der Waals surface area contributed by atoms with Crippen LogP contribution in [0.25, 0.3) is 11.3 Å². The van der Waals surface area contributed by atoms with E-state index in [0.29, 0.717) is 5.02 Å². The molecule has 3 atom stereocenters. The van der Waals surface area contributed by atoms with Gasteiger partial charge < -0.3 is 9.67 Å². The summed E-state index contributed by atoms with van der Waals surface area (Å²) in [6.45, 7) is 0.770. The number of aromatic nitrogens is 4. The van der Waals surface area contributed by atoms with Crippen LogP contribution in [0.3, 0.4) is 0 Å². The number of hydrogen-bond acceptors (Lipinski definition) is 3. The van der Waals surface area contributed by atoms with Crippen LogP contribution in [-0.2, 0) is 6.54 Å². The second kappa shape index (κ2) is 4.69. The van der Waals surface area contributed by atoms with Crippen LogP contribution in [0.4, 0.5) is 0 Å². The van der Waals surface area contributed by atoms with E-state index in [1.54, 1.807) is 6.20 Å². The summed E-state index contributed by atoms with van der Waals surface area (Å²) in [5, 5.41) is 15.8. The van der Waals surface area contributed by atoms with Crippen molar-refractivity contribution in [2.75, 3.05) is 0 Å². The van der Waals surface area contributed by atoms with Crippen molar-refractivity contribution in [1.82, 2.24) is 19.3 Å². The lowest BCUT2D eigenvalue weighted by molar-refractivity contribution is 0.0526. The molecule has 0 radical (unpaired) electrons. The fourth-order valence-corrected chi connectivity index (χ4v) is 4.37. The number of rotatable bonds is 1. The number of aliphatic hydroxyl groups is 1. The monoisotopic (exact) mass is 326 g/mol. The Labute approximate surface area is 138 Å². The fourth-order valence-electron chi connectivity index (χ4n) is 4.12. The van der Waals surface area contributed by atoms with Crippen LogP contribution in [0.5, 0.6) is 0 Å². The SMILES string of the molecule is O[C@H]1c2c(Cl)cnn2CC[C@H]1[C@@H]1c2ccccc2-c2cncn21. The molecule has 0 saturated heterocycles. The van der Waals surface area contributed by atoms with Crippen molar-refractivity contribution in [2.24, 2.45) is 5.92 Å². The molecule has 3 aromatic rings. The fraction of sp³-hybridized carbons (Fsp3) is 0.294. The van der Waals surface area contributed by atoms with Crippen LogP contribution in [0.2, 0.25) is 5.02 Å². The van der Waals surface area contributed by atoms with Gasteiger partial charge in [0.25, 0.3) is 0 Å². The quantitative estimate of drug-likeness (QED) is 0.747. The topological polar surface area (TPSA) is 55.9 Å². The molecule has 6 heteroatoms. The van der Waals surface area contributed by atoms with Crippen LogP contribution >= 0.6 is 11.6 Å². The van der Waals surface area contributed by atoms with Crippen LogP contribution in [-0.4, -0.2) is 24.4 Å².